The van der Waals surface area contributed by atoms with Crippen LogP contribution >= 0.6 is 0 Å². The van der Waals surface area contributed by atoms with Crippen molar-refractivity contribution in [3.8, 4) is 0 Å². The first-order chi connectivity index (χ1) is 12.5. The molecule has 0 saturated carbocycles. The third-order valence-electron chi connectivity index (χ3n) is 5.51. The van der Waals surface area contributed by atoms with E-state index in [-0.39, 0.29) is 29.5 Å². The lowest BCUT2D eigenvalue weighted by atomic mass is 10.0. The van der Waals surface area contributed by atoms with Crippen LogP contribution in [0.15, 0.2) is 42.5 Å². The fourth-order valence-electron chi connectivity index (χ4n) is 4.16. The van der Waals surface area contributed by atoms with E-state index in [1.54, 1.807) is 6.07 Å². The van der Waals surface area contributed by atoms with Crippen molar-refractivity contribution in [3.63, 3.8) is 0 Å². The van der Waals surface area contributed by atoms with E-state index >= 15 is 0 Å². The van der Waals surface area contributed by atoms with Gasteiger partial charge < -0.3 is 5.32 Å². The fourth-order valence-corrected chi connectivity index (χ4v) is 6.11. The Kier molecular flexibility index (Phi) is 4.71. The molecule has 2 aromatic rings. The number of rotatable bonds is 3. The minimum absolute atomic E-state index is 0.0352. The normalized spacial score (nSPS) is 26.0. The molecule has 2 fully saturated rings. The maximum Gasteiger partial charge on any atom is 0.251 e. The van der Waals surface area contributed by atoms with Crippen molar-refractivity contribution >= 4 is 26.5 Å². The Hall–Kier alpha value is -1.92. The molecule has 138 valence electrons. The second kappa shape index (κ2) is 7.00. The molecule has 0 aliphatic carbocycles. The quantitative estimate of drug-likeness (QED) is 0.897. The average molecular weight is 372 g/mol. The maximum absolute atomic E-state index is 12.8. The zero-order valence-electron chi connectivity index (χ0n) is 14.7. The van der Waals surface area contributed by atoms with Crippen LogP contribution < -0.4 is 5.32 Å². The highest BCUT2D eigenvalue weighted by Gasteiger charge is 2.41. The molecule has 5 nitrogen and oxygen atoms in total. The van der Waals surface area contributed by atoms with Crippen LogP contribution in [-0.2, 0) is 9.84 Å². The lowest BCUT2D eigenvalue weighted by molar-refractivity contribution is 0.0900. The monoisotopic (exact) mass is 372 g/mol. The van der Waals surface area contributed by atoms with Gasteiger partial charge in [-0.1, -0.05) is 36.8 Å². The predicted molar refractivity (Wildman–Crippen MR) is 103 cm³/mol. The minimum Gasteiger partial charge on any atom is -0.347 e. The highest BCUT2D eigenvalue weighted by molar-refractivity contribution is 7.91. The molecule has 2 aliphatic heterocycles. The van der Waals surface area contributed by atoms with E-state index in [0.717, 1.165) is 36.7 Å². The van der Waals surface area contributed by atoms with Gasteiger partial charge in [-0.25, -0.2) is 8.42 Å². The number of nitrogens with one attached hydrogen (secondary N) is 1. The van der Waals surface area contributed by atoms with Crippen LogP contribution in [0.25, 0.3) is 10.8 Å². The first-order valence-electron chi connectivity index (χ1n) is 9.26. The summed E-state index contributed by atoms with van der Waals surface area (Å²) in [6.07, 6.45) is 3.40. The molecule has 1 N–H and O–H groups in total. The number of piperidine rings is 1. The third-order valence-corrected chi connectivity index (χ3v) is 7.23. The first kappa shape index (κ1) is 17.5. The van der Waals surface area contributed by atoms with Crippen molar-refractivity contribution in [2.45, 2.75) is 31.3 Å². The van der Waals surface area contributed by atoms with Crippen LogP contribution in [0.1, 0.15) is 29.6 Å². The zero-order chi connectivity index (χ0) is 18.1. The molecule has 26 heavy (non-hydrogen) atoms. The van der Waals surface area contributed by atoms with Gasteiger partial charge >= 0.3 is 0 Å². The lowest BCUT2D eigenvalue weighted by Crippen LogP contribution is -2.52. The number of fused-ring (bicyclic) bond motifs is 1. The topological polar surface area (TPSA) is 66.5 Å². The number of amides is 1. The summed E-state index contributed by atoms with van der Waals surface area (Å²) in [5.41, 5.74) is 0.574. The van der Waals surface area contributed by atoms with Gasteiger partial charge in [-0.15, -0.1) is 0 Å². The Morgan fingerprint density at radius 1 is 0.962 bits per heavy atom. The molecule has 2 aliphatic rings. The van der Waals surface area contributed by atoms with E-state index in [1.165, 1.54) is 6.42 Å². The van der Waals surface area contributed by atoms with E-state index in [4.69, 9.17) is 0 Å². The van der Waals surface area contributed by atoms with Gasteiger partial charge in [0.05, 0.1) is 17.5 Å². The van der Waals surface area contributed by atoms with Gasteiger partial charge in [-0.05, 0) is 48.8 Å². The fraction of sp³-hybridized carbons (Fsp3) is 0.450. The zero-order valence-corrected chi connectivity index (χ0v) is 15.5. The SMILES string of the molecule is O=C(N[C@H]1CS(=O)(=O)C[C@@H]1N1CCCCC1)c1ccc2ccccc2c1. The summed E-state index contributed by atoms with van der Waals surface area (Å²) in [7, 11) is -3.11. The summed E-state index contributed by atoms with van der Waals surface area (Å²) in [6, 6.07) is 13.0. The molecule has 6 heteroatoms. The molecule has 0 bridgehead atoms. The highest BCUT2D eigenvalue weighted by atomic mass is 32.2. The Balaban J connectivity index is 1.54. The Morgan fingerprint density at radius 2 is 1.69 bits per heavy atom. The van der Waals surface area contributed by atoms with Gasteiger partial charge in [0.15, 0.2) is 9.84 Å². The van der Waals surface area contributed by atoms with Crippen molar-refractivity contribution < 1.29 is 13.2 Å². The van der Waals surface area contributed by atoms with Gasteiger partial charge in [0.25, 0.3) is 5.91 Å². The molecular formula is C20H24N2O3S. The number of carbonyl (C=O) groups is 1. The molecule has 0 radical (unpaired) electrons. The smallest absolute Gasteiger partial charge is 0.251 e. The van der Waals surface area contributed by atoms with Crippen LogP contribution in [0.5, 0.6) is 0 Å². The van der Waals surface area contributed by atoms with Crippen LogP contribution in [0, 0.1) is 0 Å². The van der Waals surface area contributed by atoms with Crippen LogP contribution in [-0.4, -0.2) is 55.9 Å². The van der Waals surface area contributed by atoms with E-state index in [2.05, 4.69) is 10.2 Å². The van der Waals surface area contributed by atoms with Gasteiger partial charge in [-0.2, -0.15) is 0 Å². The van der Waals surface area contributed by atoms with Crippen molar-refractivity contribution in [2.75, 3.05) is 24.6 Å². The predicted octanol–water partition coefficient (Wildman–Crippen LogP) is 2.22. The average Bonchev–Trinajstić information content (AvgIpc) is 2.96. The number of nitrogens with zero attached hydrogens (tertiary/aromatic N) is 1. The van der Waals surface area contributed by atoms with E-state index in [0.29, 0.717) is 5.56 Å². The highest BCUT2D eigenvalue weighted by Crippen LogP contribution is 2.23. The number of hydrogen-bond acceptors (Lipinski definition) is 4. The number of benzene rings is 2. The molecular weight excluding hydrogens is 348 g/mol. The van der Waals surface area contributed by atoms with E-state index < -0.39 is 9.84 Å². The lowest BCUT2D eigenvalue weighted by Gasteiger charge is -2.35. The molecule has 2 atom stereocenters. The standard InChI is InChI=1S/C20H24N2O3S/c23-20(17-9-8-15-6-2-3-7-16(15)12-17)21-18-13-26(24,25)14-19(18)22-10-4-1-5-11-22/h2-3,6-9,12,18-19H,1,4-5,10-11,13-14H2,(H,21,23)/t18-,19-/m0/s1. The molecule has 0 spiro atoms. The van der Waals surface area contributed by atoms with Gasteiger partial charge in [0, 0.05) is 11.6 Å². The third kappa shape index (κ3) is 3.62. The second-order valence-electron chi connectivity index (χ2n) is 7.38. The molecule has 4 rings (SSSR count). The Bertz CT molecular complexity index is 920. The van der Waals surface area contributed by atoms with Crippen molar-refractivity contribution in [1.82, 2.24) is 10.2 Å². The Labute approximate surface area is 154 Å². The summed E-state index contributed by atoms with van der Waals surface area (Å²) < 4.78 is 24.4. The molecule has 0 unspecified atom stereocenters. The number of carbonyl (C=O) groups excluding carboxylic acids is 1. The van der Waals surface area contributed by atoms with E-state index in [1.807, 2.05) is 36.4 Å². The molecule has 2 aromatic carbocycles. The summed E-state index contributed by atoms with van der Waals surface area (Å²) in [6.45, 7) is 1.84. The van der Waals surface area contributed by atoms with Crippen molar-refractivity contribution in [3.05, 3.63) is 48.0 Å². The Morgan fingerprint density at radius 3 is 2.46 bits per heavy atom. The number of hydrogen-bond donors (Lipinski definition) is 1. The van der Waals surface area contributed by atoms with Crippen LogP contribution in [0.4, 0.5) is 0 Å². The van der Waals surface area contributed by atoms with Crippen LogP contribution in [0.2, 0.25) is 0 Å². The molecule has 0 aromatic heterocycles. The van der Waals surface area contributed by atoms with Gasteiger partial charge in [0.2, 0.25) is 0 Å². The number of sulfone groups is 1. The van der Waals surface area contributed by atoms with Gasteiger partial charge in [0.1, 0.15) is 0 Å². The van der Waals surface area contributed by atoms with Crippen molar-refractivity contribution in [2.24, 2.45) is 0 Å². The first-order valence-corrected chi connectivity index (χ1v) is 11.1. The summed E-state index contributed by atoms with van der Waals surface area (Å²) in [5.74, 6) is -0.0109. The molecule has 2 saturated heterocycles. The van der Waals surface area contributed by atoms with E-state index in [9.17, 15) is 13.2 Å². The van der Waals surface area contributed by atoms with Gasteiger partial charge in [-0.3, -0.25) is 9.69 Å². The summed E-state index contributed by atoms with van der Waals surface area (Å²) in [4.78, 5) is 15.0. The molecule has 1 amide bonds. The summed E-state index contributed by atoms with van der Waals surface area (Å²) in [5, 5.41) is 5.09. The minimum atomic E-state index is -3.11. The van der Waals surface area contributed by atoms with Crippen molar-refractivity contribution in [1.29, 1.82) is 0 Å². The van der Waals surface area contributed by atoms with Crippen LogP contribution in [0.3, 0.4) is 0 Å². The second-order valence-corrected chi connectivity index (χ2v) is 9.54. The maximum atomic E-state index is 12.8. The number of likely N-dealkylation sites (tertiary alicyclic amines) is 1. The largest absolute Gasteiger partial charge is 0.347 e. The summed E-state index contributed by atoms with van der Waals surface area (Å²) >= 11 is 0. The molecule has 2 heterocycles.